The van der Waals surface area contributed by atoms with Crippen LogP contribution in [0.4, 0.5) is 5.69 Å². The lowest BCUT2D eigenvalue weighted by atomic mass is 10.1. The number of hydrogen-bond acceptors (Lipinski definition) is 4. The van der Waals surface area contributed by atoms with Gasteiger partial charge in [-0.2, -0.15) is 10.2 Å². The number of halogens is 2. The molecule has 0 aliphatic carbocycles. The van der Waals surface area contributed by atoms with Gasteiger partial charge in [0.2, 0.25) is 0 Å². The third kappa shape index (κ3) is 4.87. The van der Waals surface area contributed by atoms with Gasteiger partial charge in [0, 0.05) is 35.4 Å². The Morgan fingerprint density at radius 3 is 2.41 bits per heavy atom. The number of aromatic nitrogens is 2. The second-order valence-electron chi connectivity index (χ2n) is 6.01. The minimum absolute atomic E-state index is 0.279. The van der Waals surface area contributed by atoms with E-state index in [1.54, 1.807) is 30.5 Å². The molecule has 1 amide bonds. The third-order valence-corrected chi connectivity index (χ3v) is 4.21. The first-order chi connectivity index (χ1) is 12.9. The molecule has 0 unspecified atom stereocenters. The summed E-state index contributed by atoms with van der Waals surface area (Å²) in [6.07, 6.45) is 1.57. The van der Waals surface area contributed by atoms with E-state index in [-0.39, 0.29) is 5.69 Å². The quantitative estimate of drug-likeness (QED) is 0.496. The summed E-state index contributed by atoms with van der Waals surface area (Å²) < 4.78 is 0. The van der Waals surface area contributed by atoms with Crippen molar-refractivity contribution in [1.29, 1.82) is 0 Å². The predicted molar refractivity (Wildman–Crippen MR) is 110 cm³/mol. The summed E-state index contributed by atoms with van der Waals surface area (Å²) in [6, 6.07) is 14.5. The number of nitrogens with one attached hydrogen (secondary N) is 2. The predicted octanol–water partition coefficient (Wildman–Crippen LogP) is 4.21. The average molecular weight is 402 g/mol. The van der Waals surface area contributed by atoms with Gasteiger partial charge in [0.05, 0.1) is 11.9 Å². The lowest BCUT2D eigenvalue weighted by molar-refractivity contribution is 0.0950. The first-order valence-electron chi connectivity index (χ1n) is 8.05. The van der Waals surface area contributed by atoms with E-state index < -0.39 is 5.91 Å². The van der Waals surface area contributed by atoms with Crippen LogP contribution in [0.3, 0.4) is 0 Å². The van der Waals surface area contributed by atoms with Crippen LogP contribution in [-0.2, 0) is 0 Å². The third-order valence-electron chi connectivity index (χ3n) is 3.77. The molecule has 0 atom stereocenters. The second-order valence-corrected chi connectivity index (χ2v) is 6.88. The normalized spacial score (nSPS) is 11.0. The molecule has 0 fully saturated rings. The highest BCUT2D eigenvalue weighted by atomic mass is 35.5. The number of nitrogens with zero attached hydrogens (tertiary/aromatic N) is 3. The van der Waals surface area contributed by atoms with Gasteiger partial charge in [-0.15, -0.1) is 0 Å². The molecule has 3 aromatic rings. The second kappa shape index (κ2) is 8.24. The Morgan fingerprint density at radius 2 is 1.78 bits per heavy atom. The van der Waals surface area contributed by atoms with Crippen molar-refractivity contribution >= 4 is 41.0 Å². The van der Waals surface area contributed by atoms with Crippen molar-refractivity contribution in [2.45, 2.75) is 0 Å². The highest BCUT2D eigenvalue weighted by molar-refractivity contribution is 6.35. The lowest BCUT2D eigenvalue weighted by Gasteiger charge is -2.11. The first kappa shape index (κ1) is 18.9. The molecule has 0 radical (unpaired) electrons. The molecule has 2 N–H and O–H groups in total. The minimum atomic E-state index is -0.400. The van der Waals surface area contributed by atoms with E-state index in [4.69, 9.17) is 23.2 Å². The molecule has 0 aliphatic rings. The Balaban J connectivity index is 1.65. The molecule has 6 nitrogen and oxygen atoms in total. The van der Waals surface area contributed by atoms with Crippen molar-refractivity contribution in [2.75, 3.05) is 19.0 Å². The van der Waals surface area contributed by atoms with Gasteiger partial charge in [-0.05, 0) is 42.0 Å². The first-order valence-corrected chi connectivity index (χ1v) is 8.80. The highest BCUT2D eigenvalue weighted by Crippen LogP contribution is 2.26. The average Bonchev–Trinajstić information content (AvgIpc) is 3.11. The standard InChI is InChI=1S/C19H17Cl2N5O/c1-26(2)16-5-3-12(4-6-16)11-22-25-19(27)18-10-17(23-24-18)13-7-14(20)9-15(21)8-13/h3-11H,1-2H3,(H,23,24)(H,25,27)/b22-11+. The molecule has 8 heteroatoms. The maximum atomic E-state index is 12.2. The SMILES string of the molecule is CN(C)c1ccc(/C=N/NC(=O)c2cc(-c3cc(Cl)cc(Cl)c3)n[nH]2)cc1. The molecular formula is C19H17Cl2N5O. The Hall–Kier alpha value is -2.83. The van der Waals surface area contributed by atoms with E-state index in [0.29, 0.717) is 21.3 Å². The van der Waals surface area contributed by atoms with Crippen LogP contribution in [0.2, 0.25) is 10.0 Å². The Kier molecular flexibility index (Phi) is 5.78. The summed E-state index contributed by atoms with van der Waals surface area (Å²) in [5.74, 6) is -0.400. The number of anilines is 1. The van der Waals surface area contributed by atoms with Crippen LogP contribution in [0, 0.1) is 0 Å². The van der Waals surface area contributed by atoms with Gasteiger partial charge in [-0.1, -0.05) is 35.3 Å². The van der Waals surface area contributed by atoms with Crippen molar-refractivity contribution in [3.63, 3.8) is 0 Å². The van der Waals surface area contributed by atoms with Crippen LogP contribution in [0.5, 0.6) is 0 Å². The number of hydrazone groups is 1. The van der Waals surface area contributed by atoms with Crippen LogP contribution < -0.4 is 10.3 Å². The smallest absolute Gasteiger partial charge is 0.289 e. The van der Waals surface area contributed by atoms with Gasteiger partial charge in [0.15, 0.2) is 0 Å². The van der Waals surface area contributed by atoms with Gasteiger partial charge in [0.1, 0.15) is 5.69 Å². The molecule has 0 saturated heterocycles. The number of rotatable bonds is 5. The summed E-state index contributed by atoms with van der Waals surface area (Å²) in [5.41, 5.74) is 5.99. The molecule has 0 bridgehead atoms. The van der Waals surface area contributed by atoms with Crippen LogP contribution >= 0.6 is 23.2 Å². The maximum absolute atomic E-state index is 12.2. The summed E-state index contributed by atoms with van der Waals surface area (Å²) >= 11 is 12.0. The molecule has 0 saturated carbocycles. The zero-order valence-corrected chi connectivity index (χ0v) is 16.2. The fraction of sp³-hybridized carbons (Fsp3) is 0.105. The zero-order valence-electron chi connectivity index (χ0n) is 14.7. The number of carbonyl (C=O) groups is 1. The molecule has 1 aromatic heterocycles. The number of aromatic amines is 1. The van der Waals surface area contributed by atoms with Crippen LogP contribution in [-0.4, -0.2) is 36.4 Å². The topological polar surface area (TPSA) is 73.4 Å². The van der Waals surface area contributed by atoms with Crippen molar-refractivity contribution in [3.05, 3.63) is 69.8 Å². The monoisotopic (exact) mass is 401 g/mol. The number of H-pyrrole nitrogens is 1. The summed E-state index contributed by atoms with van der Waals surface area (Å²) in [4.78, 5) is 14.2. The van der Waals surface area contributed by atoms with Crippen LogP contribution in [0.25, 0.3) is 11.3 Å². The van der Waals surface area contributed by atoms with Gasteiger partial charge in [-0.25, -0.2) is 5.43 Å². The van der Waals surface area contributed by atoms with Crippen molar-refractivity contribution in [1.82, 2.24) is 15.6 Å². The Bertz CT molecular complexity index is 960. The summed E-state index contributed by atoms with van der Waals surface area (Å²) in [5, 5.41) is 11.8. The van der Waals surface area contributed by atoms with Crippen LogP contribution in [0.15, 0.2) is 53.6 Å². The number of benzene rings is 2. The Labute approximate surface area is 166 Å². The number of amides is 1. The van der Waals surface area contributed by atoms with Gasteiger partial charge in [0.25, 0.3) is 5.91 Å². The number of carbonyl (C=O) groups excluding carboxylic acids is 1. The molecule has 2 aromatic carbocycles. The van der Waals surface area contributed by atoms with E-state index >= 15 is 0 Å². The lowest BCUT2D eigenvalue weighted by Crippen LogP contribution is -2.18. The van der Waals surface area contributed by atoms with E-state index in [9.17, 15) is 4.79 Å². The fourth-order valence-corrected chi connectivity index (χ4v) is 2.90. The van der Waals surface area contributed by atoms with Crippen LogP contribution in [0.1, 0.15) is 16.1 Å². The van der Waals surface area contributed by atoms with E-state index in [2.05, 4.69) is 20.7 Å². The van der Waals surface area contributed by atoms with E-state index in [0.717, 1.165) is 11.3 Å². The largest absolute Gasteiger partial charge is 0.378 e. The molecule has 0 spiro atoms. The van der Waals surface area contributed by atoms with Gasteiger partial charge < -0.3 is 4.90 Å². The molecule has 0 aliphatic heterocycles. The maximum Gasteiger partial charge on any atom is 0.289 e. The molecule has 138 valence electrons. The molecule has 27 heavy (non-hydrogen) atoms. The molecular weight excluding hydrogens is 385 g/mol. The minimum Gasteiger partial charge on any atom is -0.378 e. The van der Waals surface area contributed by atoms with E-state index in [1.807, 2.05) is 43.3 Å². The van der Waals surface area contributed by atoms with Gasteiger partial charge in [-0.3, -0.25) is 9.89 Å². The van der Waals surface area contributed by atoms with Crippen molar-refractivity contribution in [2.24, 2.45) is 5.10 Å². The molecule has 1 heterocycles. The molecule has 3 rings (SSSR count). The van der Waals surface area contributed by atoms with Crippen molar-refractivity contribution < 1.29 is 4.79 Å². The highest BCUT2D eigenvalue weighted by Gasteiger charge is 2.11. The fourth-order valence-electron chi connectivity index (χ4n) is 2.37. The number of hydrogen-bond donors (Lipinski definition) is 2. The van der Waals surface area contributed by atoms with Gasteiger partial charge >= 0.3 is 0 Å². The summed E-state index contributed by atoms with van der Waals surface area (Å²) in [6.45, 7) is 0. The van der Waals surface area contributed by atoms with Crippen molar-refractivity contribution in [3.8, 4) is 11.3 Å². The Morgan fingerprint density at radius 1 is 1.11 bits per heavy atom. The van der Waals surface area contributed by atoms with E-state index in [1.165, 1.54) is 0 Å². The zero-order chi connectivity index (χ0) is 19.4. The summed E-state index contributed by atoms with van der Waals surface area (Å²) in [7, 11) is 3.94.